The van der Waals surface area contributed by atoms with Gasteiger partial charge in [0.2, 0.25) is 0 Å². The molecule has 98 valence electrons. The van der Waals surface area contributed by atoms with E-state index < -0.39 is 18.1 Å². The van der Waals surface area contributed by atoms with Gasteiger partial charge in [-0.05, 0) is 12.5 Å². The first-order valence-electron chi connectivity index (χ1n) is 5.57. The third kappa shape index (κ3) is 3.48. The van der Waals surface area contributed by atoms with Gasteiger partial charge < -0.3 is 14.8 Å². The van der Waals surface area contributed by atoms with Gasteiger partial charge in [-0.1, -0.05) is 30.3 Å². The highest BCUT2D eigenvalue weighted by Gasteiger charge is 2.27. The molecular weight excluding hydrogens is 234 g/mol. The van der Waals surface area contributed by atoms with E-state index in [9.17, 15) is 9.59 Å². The van der Waals surface area contributed by atoms with E-state index >= 15 is 0 Å². The van der Waals surface area contributed by atoms with Crippen LogP contribution < -0.4 is 5.32 Å². The highest BCUT2D eigenvalue weighted by molar-refractivity contribution is 5.75. The monoisotopic (exact) mass is 251 g/mol. The van der Waals surface area contributed by atoms with Crippen LogP contribution in [0.1, 0.15) is 18.5 Å². The van der Waals surface area contributed by atoms with Crippen molar-refractivity contribution in [2.45, 2.75) is 13.0 Å². The summed E-state index contributed by atoms with van der Waals surface area (Å²) in [6.45, 7) is 1.69. The summed E-state index contributed by atoms with van der Waals surface area (Å²) < 4.78 is 9.26. The fraction of sp³-hybridized carbons (Fsp3) is 0.385. The quantitative estimate of drug-likeness (QED) is 0.830. The molecule has 2 atom stereocenters. The van der Waals surface area contributed by atoms with Gasteiger partial charge in [-0.3, -0.25) is 4.79 Å². The lowest BCUT2D eigenvalue weighted by Gasteiger charge is -2.23. The molecule has 1 N–H and O–H groups in total. The summed E-state index contributed by atoms with van der Waals surface area (Å²) in [6.07, 6.45) is -0.584. The topological polar surface area (TPSA) is 64.6 Å². The van der Waals surface area contributed by atoms with Gasteiger partial charge in [-0.15, -0.1) is 0 Å². The maximum atomic E-state index is 11.6. The zero-order valence-electron chi connectivity index (χ0n) is 10.7. The van der Waals surface area contributed by atoms with Gasteiger partial charge in [-0.2, -0.15) is 0 Å². The van der Waals surface area contributed by atoms with Gasteiger partial charge in [0.15, 0.2) is 0 Å². The van der Waals surface area contributed by atoms with Gasteiger partial charge in [-0.25, -0.2) is 4.79 Å². The molecule has 1 amide bonds. The molecule has 0 heterocycles. The van der Waals surface area contributed by atoms with E-state index in [0.717, 1.165) is 5.56 Å². The number of esters is 1. The van der Waals surface area contributed by atoms with Crippen molar-refractivity contribution in [2.24, 2.45) is 5.92 Å². The number of methoxy groups -OCH3 is 2. The standard InChI is InChI=1S/C13H17NO4/c1-9(12(15)17-2)11(14-13(16)18-3)10-7-5-4-6-8-10/h4-9,11H,1-3H3,(H,14,16)/t9-,11+/m1/s1. The summed E-state index contributed by atoms with van der Waals surface area (Å²) in [5.74, 6) is -0.892. The number of nitrogens with one attached hydrogen (secondary N) is 1. The normalized spacial score (nSPS) is 13.3. The zero-order valence-corrected chi connectivity index (χ0v) is 10.7. The lowest BCUT2D eigenvalue weighted by Crippen LogP contribution is -2.35. The molecule has 18 heavy (non-hydrogen) atoms. The smallest absolute Gasteiger partial charge is 0.407 e. The first kappa shape index (κ1) is 14.0. The third-order valence-corrected chi connectivity index (χ3v) is 2.69. The van der Waals surface area contributed by atoms with Crippen LogP contribution in [0, 0.1) is 5.92 Å². The van der Waals surface area contributed by atoms with Gasteiger partial charge in [0.05, 0.1) is 26.2 Å². The van der Waals surface area contributed by atoms with Crippen LogP contribution in [0.4, 0.5) is 4.79 Å². The number of hydrogen-bond donors (Lipinski definition) is 1. The molecule has 0 radical (unpaired) electrons. The fourth-order valence-electron chi connectivity index (χ4n) is 1.67. The van der Waals surface area contributed by atoms with Crippen LogP contribution >= 0.6 is 0 Å². The molecule has 0 aliphatic heterocycles. The maximum absolute atomic E-state index is 11.6. The predicted octanol–water partition coefficient (Wildman–Crippen LogP) is 1.89. The van der Waals surface area contributed by atoms with Crippen molar-refractivity contribution in [1.29, 1.82) is 0 Å². The highest BCUT2D eigenvalue weighted by Crippen LogP contribution is 2.22. The Labute approximate surface area is 106 Å². The molecular formula is C13H17NO4. The van der Waals surface area contributed by atoms with Gasteiger partial charge >= 0.3 is 12.1 Å². The number of hydrogen-bond acceptors (Lipinski definition) is 4. The number of ether oxygens (including phenoxy) is 2. The Morgan fingerprint density at radius 2 is 1.72 bits per heavy atom. The maximum Gasteiger partial charge on any atom is 0.407 e. The molecule has 1 rings (SSSR count). The Balaban J connectivity index is 2.95. The SMILES string of the molecule is COC(=O)N[C@H](c1ccccc1)[C@@H](C)C(=O)OC. The van der Waals surface area contributed by atoms with E-state index in [1.807, 2.05) is 30.3 Å². The van der Waals surface area contributed by atoms with Crippen molar-refractivity contribution in [3.8, 4) is 0 Å². The molecule has 0 aromatic heterocycles. The van der Waals surface area contributed by atoms with E-state index in [0.29, 0.717) is 0 Å². The molecule has 0 saturated carbocycles. The molecule has 0 saturated heterocycles. The average Bonchev–Trinajstić information content (AvgIpc) is 2.43. The molecule has 1 aromatic rings. The first-order chi connectivity index (χ1) is 8.60. The first-order valence-corrected chi connectivity index (χ1v) is 5.57. The minimum atomic E-state index is -0.584. The van der Waals surface area contributed by atoms with E-state index in [1.54, 1.807) is 6.92 Å². The van der Waals surface area contributed by atoms with Crippen LogP contribution in [0.3, 0.4) is 0 Å². The molecule has 0 aliphatic carbocycles. The summed E-state index contributed by atoms with van der Waals surface area (Å²) in [6, 6.07) is 8.73. The van der Waals surface area contributed by atoms with Gasteiger partial charge in [0.25, 0.3) is 0 Å². The van der Waals surface area contributed by atoms with Crippen molar-refractivity contribution in [3.63, 3.8) is 0 Å². The molecule has 0 aliphatic rings. The Morgan fingerprint density at radius 1 is 1.11 bits per heavy atom. The predicted molar refractivity (Wildman–Crippen MR) is 65.9 cm³/mol. The average molecular weight is 251 g/mol. The summed E-state index contributed by atoms with van der Waals surface area (Å²) in [5.41, 5.74) is 0.820. The largest absolute Gasteiger partial charge is 0.469 e. The van der Waals surface area contributed by atoms with Gasteiger partial charge in [0, 0.05) is 0 Å². The Morgan fingerprint density at radius 3 is 2.22 bits per heavy atom. The minimum Gasteiger partial charge on any atom is -0.469 e. The highest BCUT2D eigenvalue weighted by atomic mass is 16.5. The second-order valence-corrected chi connectivity index (χ2v) is 3.84. The number of carbonyl (C=O) groups is 2. The van der Waals surface area contributed by atoms with Crippen LogP contribution in [-0.4, -0.2) is 26.3 Å². The van der Waals surface area contributed by atoms with Crippen molar-refractivity contribution in [1.82, 2.24) is 5.32 Å². The molecule has 0 bridgehead atoms. The second-order valence-electron chi connectivity index (χ2n) is 3.84. The van der Waals surface area contributed by atoms with Crippen molar-refractivity contribution < 1.29 is 19.1 Å². The summed E-state index contributed by atoms with van der Waals surface area (Å²) >= 11 is 0. The third-order valence-electron chi connectivity index (χ3n) is 2.69. The molecule has 0 fully saturated rings. The lowest BCUT2D eigenvalue weighted by atomic mass is 9.95. The van der Waals surface area contributed by atoms with E-state index in [4.69, 9.17) is 4.74 Å². The summed E-state index contributed by atoms with van der Waals surface area (Å²) in [5, 5.41) is 2.64. The number of amides is 1. The Kier molecular flexibility index (Phi) is 5.17. The summed E-state index contributed by atoms with van der Waals surface area (Å²) in [4.78, 5) is 22.9. The van der Waals surface area contributed by atoms with Crippen LogP contribution in [0.5, 0.6) is 0 Å². The number of alkyl carbamates (subject to hydrolysis) is 1. The molecule has 5 heteroatoms. The van der Waals surface area contributed by atoms with E-state index in [1.165, 1.54) is 14.2 Å². The lowest BCUT2D eigenvalue weighted by molar-refractivity contribution is -0.145. The zero-order chi connectivity index (χ0) is 13.5. The Bertz CT molecular complexity index is 405. The van der Waals surface area contributed by atoms with Crippen molar-refractivity contribution >= 4 is 12.1 Å². The van der Waals surface area contributed by atoms with E-state index in [2.05, 4.69) is 10.1 Å². The molecule has 1 aromatic carbocycles. The second kappa shape index (κ2) is 6.64. The summed E-state index contributed by atoms with van der Waals surface area (Å²) in [7, 11) is 2.60. The van der Waals surface area contributed by atoms with Crippen LogP contribution in [0.2, 0.25) is 0 Å². The number of carbonyl (C=O) groups excluding carboxylic acids is 2. The van der Waals surface area contributed by atoms with E-state index in [-0.39, 0.29) is 5.97 Å². The fourth-order valence-corrected chi connectivity index (χ4v) is 1.67. The van der Waals surface area contributed by atoms with Crippen LogP contribution in [0.25, 0.3) is 0 Å². The minimum absolute atomic E-state index is 0.389. The van der Waals surface area contributed by atoms with Crippen molar-refractivity contribution in [3.05, 3.63) is 35.9 Å². The molecule has 5 nitrogen and oxygen atoms in total. The number of rotatable bonds is 4. The molecule has 0 spiro atoms. The van der Waals surface area contributed by atoms with Crippen LogP contribution in [0.15, 0.2) is 30.3 Å². The molecule has 0 unspecified atom stereocenters. The Hall–Kier alpha value is -2.04. The van der Waals surface area contributed by atoms with Crippen molar-refractivity contribution in [2.75, 3.05) is 14.2 Å². The van der Waals surface area contributed by atoms with Crippen LogP contribution in [-0.2, 0) is 14.3 Å². The number of benzene rings is 1. The van der Waals surface area contributed by atoms with Gasteiger partial charge in [0.1, 0.15) is 0 Å².